The molecule has 0 saturated carbocycles. The van der Waals surface area contributed by atoms with Gasteiger partial charge in [-0.3, -0.25) is 4.79 Å². The van der Waals surface area contributed by atoms with Crippen LogP contribution >= 0.6 is 0 Å². The highest BCUT2D eigenvalue weighted by Crippen LogP contribution is 2.21. The number of carboxylic acid groups (broad SMARTS) is 1. The zero-order valence-corrected chi connectivity index (χ0v) is 9.57. The van der Waals surface area contributed by atoms with Crippen molar-refractivity contribution in [3.8, 4) is 0 Å². The monoisotopic (exact) mass is 269 g/mol. The molecule has 0 radical (unpaired) electrons. The van der Waals surface area contributed by atoms with E-state index in [-0.39, 0.29) is 18.9 Å². The molecule has 0 bridgehead atoms. The summed E-state index contributed by atoms with van der Waals surface area (Å²) in [5, 5.41) is 8.62. The third-order valence-electron chi connectivity index (χ3n) is 2.60. The summed E-state index contributed by atoms with van der Waals surface area (Å²) < 4.78 is 39.7. The van der Waals surface area contributed by atoms with Crippen LogP contribution in [0.3, 0.4) is 0 Å². The van der Waals surface area contributed by atoms with E-state index in [2.05, 4.69) is 4.74 Å². The van der Waals surface area contributed by atoms with Crippen LogP contribution < -0.4 is 0 Å². The van der Waals surface area contributed by atoms with E-state index in [1.165, 1.54) is 0 Å². The Kier molecular flexibility index (Phi) is 4.80. The van der Waals surface area contributed by atoms with E-state index < -0.39 is 24.8 Å². The van der Waals surface area contributed by atoms with Crippen molar-refractivity contribution in [3.05, 3.63) is 0 Å². The summed E-state index contributed by atoms with van der Waals surface area (Å²) in [6, 6.07) is 0. The van der Waals surface area contributed by atoms with E-state index in [9.17, 15) is 22.8 Å². The van der Waals surface area contributed by atoms with Crippen molar-refractivity contribution in [2.24, 2.45) is 5.92 Å². The number of carbonyl (C=O) groups is 2. The van der Waals surface area contributed by atoms with Gasteiger partial charge in [-0.05, 0) is 18.8 Å². The Bertz CT molecular complexity index is 319. The van der Waals surface area contributed by atoms with Crippen molar-refractivity contribution < 1.29 is 32.6 Å². The highest BCUT2D eigenvalue weighted by molar-refractivity contribution is 5.69. The van der Waals surface area contributed by atoms with Crippen LogP contribution in [0.2, 0.25) is 0 Å². The second-order valence-electron chi connectivity index (χ2n) is 4.22. The molecule has 1 rings (SSSR count). The summed E-state index contributed by atoms with van der Waals surface area (Å²) in [6.45, 7) is -1.19. The van der Waals surface area contributed by atoms with Crippen molar-refractivity contribution in [1.29, 1.82) is 0 Å². The molecule has 18 heavy (non-hydrogen) atoms. The fourth-order valence-electron chi connectivity index (χ4n) is 1.88. The van der Waals surface area contributed by atoms with Gasteiger partial charge < -0.3 is 14.7 Å². The number of alkyl halides is 3. The first-order valence-electron chi connectivity index (χ1n) is 5.48. The first-order valence-corrected chi connectivity index (χ1v) is 5.48. The van der Waals surface area contributed by atoms with Gasteiger partial charge in [0.25, 0.3) is 0 Å². The van der Waals surface area contributed by atoms with Crippen LogP contribution in [0.5, 0.6) is 0 Å². The van der Waals surface area contributed by atoms with E-state index in [4.69, 9.17) is 5.11 Å². The summed E-state index contributed by atoms with van der Waals surface area (Å²) in [4.78, 5) is 23.0. The molecule has 0 aromatic rings. The minimum Gasteiger partial charge on any atom is -0.481 e. The van der Waals surface area contributed by atoms with E-state index >= 15 is 0 Å². The van der Waals surface area contributed by atoms with E-state index in [1.807, 2.05) is 0 Å². The molecule has 0 spiro atoms. The topological polar surface area (TPSA) is 66.8 Å². The summed E-state index contributed by atoms with van der Waals surface area (Å²) in [7, 11) is 0. The normalized spacial score (nSPS) is 20.6. The minimum atomic E-state index is -4.55. The molecule has 5 nitrogen and oxygen atoms in total. The summed E-state index contributed by atoms with van der Waals surface area (Å²) in [6.07, 6.45) is -4.47. The van der Waals surface area contributed by atoms with Crippen molar-refractivity contribution in [1.82, 2.24) is 4.90 Å². The zero-order chi connectivity index (χ0) is 13.8. The van der Waals surface area contributed by atoms with Crippen LogP contribution in [0, 0.1) is 5.92 Å². The molecule has 1 saturated heterocycles. The van der Waals surface area contributed by atoms with Gasteiger partial charge in [0.1, 0.15) is 0 Å². The maximum Gasteiger partial charge on any atom is 0.422 e. The molecule has 0 aromatic carbocycles. The molecular weight excluding hydrogens is 255 g/mol. The van der Waals surface area contributed by atoms with Crippen molar-refractivity contribution in [2.75, 3.05) is 19.7 Å². The molecule has 1 fully saturated rings. The molecule has 0 aromatic heterocycles. The van der Waals surface area contributed by atoms with Gasteiger partial charge in [-0.1, -0.05) is 0 Å². The third-order valence-corrected chi connectivity index (χ3v) is 2.60. The molecule has 1 atom stereocenters. The Labute approximate surface area is 102 Å². The Morgan fingerprint density at radius 2 is 2.06 bits per heavy atom. The van der Waals surface area contributed by atoms with Gasteiger partial charge in [0.2, 0.25) is 0 Å². The molecule has 1 amide bonds. The fraction of sp³-hybridized carbons (Fsp3) is 0.800. The molecule has 1 aliphatic heterocycles. The summed E-state index contributed by atoms with van der Waals surface area (Å²) in [5.74, 6) is -1.21. The number of carboxylic acids is 1. The van der Waals surface area contributed by atoms with Gasteiger partial charge in [-0.25, -0.2) is 4.79 Å². The van der Waals surface area contributed by atoms with E-state index in [0.29, 0.717) is 19.4 Å². The first kappa shape index (κ1) is 14.6. The molecule has 8 heteroatoms. The second kappa shape index (κ2) is 5.92. The Morgan fingerprint density at radius 1 is 1.39 bits per heavy atom. The standard InChI is InChI=1S/C10H14F3NO4/c11-10(12,13)6-18-9(17)14-3-1-2-7(5-14)4-8(15)16/h7H,1-6H2,(H,15,16). The number of amides is 1. The van der Waals surface area contributed by atoms with Crippen molar-refractivity contribution in [3.63, 3.8) is 0 Å². The molecule has 104 valence electrons. The number of halogens is 3. The van der Waals surface area contributed by atoms with Crippen LogP contribution in [-0.2, 0) is 9.53 Å². The number of piperidine rings is 1. The van der Waals surface area contributed by atoms with Crippen LogP contribution in [0.4, 0.5) is 18.0 Å². The van der Waals surface area contributed by atoms with Crippen molar-refractivity contribution in [2.45, 2.75) is 25.4 Å². The summed E-state index contributed by atoms with van der Waals surface area (Å²) >= 11 is 0. The lowest BCUT2D eigenvalue weighted by molar-refractivity contribution is -0.162. The fourth-order valence-corrected chi connectivity index (χ4v) is 1.88. The lowest BCUT2D eigenvalue weighted by Crippen LogP contribution is -2.41. The van der Waals surface area contributed by atoms with E-state index in [0.717, 1.165) is 4.90 Å². The van der Waals surface area contributed by atoms with Crippen LogP contribution in [0.15, 0.2) is 0 Å². The molecule has 1 heterocycles. The van der Waals surface area contributed by atoms with Gasteiger partial charge in [-0.2, -0.15) is 13.2 Å². The molecule has 1 N–H and O–H groups in total. The zero-order valence-electron chi connectivity index (χ0n) is 9.57. The maximum atomic E-state index is 11.9. The van der Waals surface area contributed by atoms with Crippen LogP contribution in [0.25, 0.3) is 0 Å². The van der Waals surface area contributed by atoms with Gasteiger partial charge in [0.15, 0.2) is 6.61 Å². The highest BCUT2D eigenvalue weighted by atomic mass is 19.4. The number of rotatable bonds is 3. The number of hydrogen-bond acceptors (Lipinski definition) is 3. The first-order chi connectivity index (χ1) is 8.28. The lowest BCUT2D eigenvalue weighted by atomic mass is 9.95. The van der Waals surface area contributed by atoms with Gasteiger partial charge >= 0.3 is 18.2 Å². The van der Waals surface area contributed by atoms with Gasteiger partial charge in [-0.15, -0.1) is 0 Å². The number of aliphatic carboxylic acids is 1. The number of hydrogen-bond donors (Lipinski definition) is 1. The van der Waals surface area contributed by atoms with E-state index in [1.54, 1.807) is 0 Å². The molecular formula is C10H14F3NO4. The molecule has 1 unspecified atom stereocenters. The Balaban J connectivity index is 2.41. The third kappa shape index (κ3) is 5.24. The quantitative estimate of drug-likeness (QED) is 0.849. The van der Waals surface area contributed by atoms with Crippen LogP contribution in [-0.4, -0.2) is 47.9 Å². The SMILES string of the molecule is O=C(O)CC1CCCN(C(=O)OCC(F)(F)F)C1. The highest BCUT2D eigenvalue weighted by Gasteiger charge is 2.32. The average Bonchev–Trinajstić information content (AvgIpc) is 2.24. The average molecular weight is 269 g/mol. The predicted octanol–water partition coefficient (Wildman–Crippen LogP) is 1.87. The molecule has 0 aliphatic carbocycles. The largest absolute Gasteiger partial charge is 0.481 e. The smallest absolute Gasteiger partial charge is 0.422 e. The van der Waals surface area contributed by atoms with Gasteiger partial charge in [0.05, 0.1) is 0 Å². The number of nitrogens with zero attached hydrogens (tertiary/aromatic N) is 1. The van der Waals surface area contributed by atoms with Crippen molar-refractivity contribution >= 4 is 12.1 Å². The molecule has 1 aliphatic rings. The Morgan fingerprint density at radius 3 is 2.61 bits per heavy atom. The number of likely N-dealkylation sites (tertiary alicyclic amines) is 1. The van der Waals surface area contributed by atoms with Crippen LogP contribution in [0.1, 0.15) is 19.3 Å². The second-order valence-corrected chi connectivity index (χ2v) is 4.22. The Hall–Kier alpha value is -1.47. The lowest BCUT2D eigenvalue weighted by Gasteiger charge is -2.31. The number of ether oxygens (including phenoxy) is 1. The summed E-state index contributed by atoms with van der Waals surface area (Å²) in [5.41, 5.74) is 0. The number of carbonyl (C=O) groups excluding carboxylic acids is 1. The van der Waals surface area contributed by atoms with Gasteiger partial charge in [0, 0.05) is 19.5 Å². The minimum absolute atomic E-state index is 0.0942. The predicted molar refractivity (Wildman–Crippen MR) is 54.0 cm³/mol. The maximum absolute atomic E-state index is 11.9.